The molecule has 1 fully saturated rings. The molecule has 0 amide bonds. The molecule has 0 spiro atoms. The maximum absolute atomic E-state index is 14.7. The second-order valence-electron chi connectivity index (χ2n) is 9.65. The summed E-state index contributed by atoms with van der Waals surface area (Å²) < 4.78 is 80.6. The van der Waals surface area contributed by atoms with Crippen molar-refractivity contribution in [2.75, 3.05) is 0 Å². The van der Waals surface area contributed by atoms with Gasteiger partial charge < -0.3 is 0 Å². The van der Waals surface area contributed by atoms with Gasteiger partial charge in [-0.1, -0.05) is 44.4 Å². The number of alkyl halides is 3. The fraction of sp³-hybridized carbons (Fsp3) is 0.400. The molecule has 1 aliphatic carbocycles. The standard InChI is InChI=1S/C30H26F6N2/c1-2-3-4-5-19-6-9-21(10-7-19)23-17-37-27(38-18-23)11-8-20-14-22-16-25(31)24(12-13-30(34,35)36)29(33)28(22)26(32)15-20/h14-19,21H,2-7,9-10H2,1H3. The zero-order valence-corrected chi connectivity index (χ0v) is 20.9. The van der Waals surface area contributed by atoms with Crippen molar-refractivity contribution in [3.8, 4) is 23.7 Å². The Morgan fingerprint density at radius 1 is 0.868 bits per heavy atom. The molecule has 2 aromatic carbocycles. The molecule has 4 rings (SSSR count). The van der Waals surface area contributed by atoms with Crippen molar-refractivity contribution < 1.29 is 26.3 Å². The number of aromatic nitrogens is 2. The first-order valence-corrected chi connectivity index (χ1v) is 12.7. The normalized spacial score (nSPS) is 17.4. The third-order valence-electron chi connectivity index (χ3n) is 6.93. The SMILES string of the molecule is CCCCCC1CCC(c2cnc(C#Cc3cc(F)c4c(F)c(C#CC(F)(F)F)c(F)cc4c3)nc2)CC1. The summed E-state index contributed by atoms with van der Waals surface area (Å²) in [7, 11) is 0. The average Bonchev–Trinajstić information content (AvgIpc) is 2.87. The van der Waals surface area contributed by atoms with Gasteiger partial charge in [0.25, 0.3) is 0 Å². The molecular weight excluding hydrogens is 502 g/mol. The van der Waals surface area contributed by atoms with Gasteiger partial charge in [0.1, 0.15) is 11.6 Å². The lowest BCUT2D eigenvalue weighted by Crippen LogP contribution is -2.14. The van der Waals surface area contributed by atoms with E-state index in [0.717, 1.165) is 42.4 Å². The summed E-state index contributed by atoms with van der Waals surface area (Å²) in [6.45, 7) is 2.21. The summed E-state index contributed by atoms with van der Waals surface area (Å²) in [5.41, 5.74) is 0.0257. The van der Waals surface area contributed by atoms with Crippen LogP contribution in [0.25, 0.3) is 10.8 Å². The summed E-state index contributed by atoms with van der Waals surface area (Å²) in [4.78, 5) is 8.62. The molecule has 1 aromatic heterocycles. The summed E-state index contributed by atoms with van der Waals surface area (Å²) in [5.74, 6) is 5.13. The van der Waals surface area contributed by atoms with Crippen LogP contribution in [0.3, 0.4) is 0 Å². The third-order valence-corrected chi connectivity index (χ3v) is 6.93. The topological polar surface area (TPSA) is 25.8 Å². The molecule has 0 saturated heterocycles. The Bertz CT molecular complexity index is 1410. The minimum absolute atomic E-state index is 0.108. The molecule has 1 aliphatic rings. The van der Waals surface area contributed by atoms with Gasteiger partial charge in [0.05, 0.1) is 10.9 Å². The van der Waals surface area contributed by atoms with Gasteiger partial charge >= 0.3 is 6.18 Å². The zero-order chi connectivity index (χ0) is 27.3. The van der Waals surface area contributed by atoms with Gasteiger partial charge in [0.15, 0.2) is 5.82 Å². The van der Waals surface area contributed by atoms with Crippen LogP contribution in [0.4, 0.5) is 26.3 Å². The van der Waals surface area contributed by atoms with Crippen molar-refractivity contribution in [3.05, 3.63) is 70.6 Å². The molecule has 0 aliphatic heterocycles. The summed E-state index contributed by atoms with van der Waals surface area (Å²) >= 11 is 0. The highest BCUT2D eigenvalue weighted by molar-refractivity contribution is 5.87. The Hall–Kier alpha value is -3.52. The van der Waals surface area contributed by atoms with Gasteiger partial charge in [-0.2, -0.15) is 13.2 Å². The van der Waals surface area contributed by atoms with E-state index in [1.165, 1.54) is 50.5 Å². The fourth-order valence-corrected chi connectivity index (χ4v) is 4.94. The molecule has 0 N–H and O–H groups in total. The Kier molecular flexibility index (Phi) is 8.62. The number of unbranched alkanes of at least 4 members (excludes halogenated alkanes) is 2. The van der Waals surface area contributed by atoms with E-state index >= 15 is 0 Å². The van der Waals surface area contributed by atoms with Gasteiger partial charge in [-0.3, -0.25) is 0 Å². The van der Waals surface area contributed by atoms with E-state index in [1.807, 2.05) is 0 Å². The first-order valence-electron chi connectivity index (χ1n) is 12.7. The number of hydrogen-bond donors (Lipinski definition) is 0. The smallest absolute Gasteiger partial charge is 0.229 e. The highest BCUT2D eigenvalue weighted by Crippen LogP contribution is 2.37. The summed E-state index contributed by atoms with van der Waals surface area (Å²) in [6, 6.07) is 2.90. The van der Waals surface area contributed by atoms with Gasteiger partial charge in [0.2, 0.25) is 5.82 Å². The second-order valence-corrected chi connectivity index (χ2v) is 9.65. The zero-order valence-electron chi connectivity index (χ0n) is 20.9. The number of rotatable bonds is 5. The molecule has 0 bridgehead atoms. The lowest BCUT2D eigenvalue weighted by atomic mass is 9.77. The third kappa shape index (κ3) is 6.86. The van der Waals surface area contributed by atoms with Crippen LogP contribution in [0.1, 0.15) is 86.7 Å². The van der Waals surface area contributed by atoms with E-state index in [9.17, 15) is 26.3 Å². The van der Waals surface area contributed by atoms with Crippen LogP contribution >= 0.6 is 0 Å². The van der Waals surface area contributed by atoms with Crippen molar-refractivity contribution in [3.63, 3.8) is 0 Å². The summed E-state index contributed by atoms with van der Waals surface area (Å²) in [6.07, 6.45) is 8.33. The predicted octanol–water partition coefficient (Wildman–Crippen LogP) is 8.21. The molecule has 0 radical (unpaired) electrons. The van der Waals surface area contributed by atoms with Crippen LogP contribution in [0.2, 0.25) is 0 Å². The first kappa shape index (κ1) is 27.5. The van der Waals surface area contributed by atoms with Crippen LogP contribution in [-0.4, -0.2) is 16.1 Å². The molecule has 8 heteroatoms. The minimum Gasteiger partial charge on any atom is -0.229 e. The monoisotopic (exact) mass is 528 g/mol. The first-order chi connectivity index (χ1) is 18.1. The number of halogens is 6. The van der Waals surface area contributed by atoms with E-state index in [4.69, 9.17) is 0 Å². The second kappa shape index (κ2) is 11.9. The highest BCUT2D eigenvalue weighted by Gasteiger charge is 2.25. The molecule has 0 atom stereocenters. The minimum atomic E-state index is -4.94. The van der Waals surface area contributed by atoms with E-state index in [1.54, 1.807) is 12.4 Å². The Balaban J connectivity index is 1.48. The average molecular weight is 529 g/mol. The maximum Gasteiger partial charge on any atom is 0.458 e. The molecule has 198 valence electrons. The predicted molar refractivity (Wildman–Crippen MR) is 134 cm³/mol. The molecule has 1 saturated carbocycles. The lowest BCUT2D eigenvalue weighted by Gasteiger charge is -2.28. The van der Waals surface area contributed by atoms with E-state index in [2.05, 4.69) is 28.7 Å². The molecule has 38 heavy (non-hydrogen) atoms. The highest BCUT2D eigenvalue weighted by atomic mass is 19.4. The van der Waals surface area contributed by atoms with E-state index in [0.29, 0.717) is 5.92 Å². The van der Waals surface area contributed by atoms with Crippen LogP contribution < -0.4 is 0 Å². The lowest BCUT2D eigenvalue weighted by molar-refractivity contribution is -0.0696. The van der Waals surface area contributed by atoms with Crippen molar-refractivity contribution in [2.45, 2.75) is 70.4 Å². The number of hydrogen-bond acceptors (Lipinski definition) is 2. The van der Waals surface area contributed by atoms with E-state index < -0.39 is 34.6 Å². The molecule has 3 aromatic rings. The van der Waals surface area contributed by atoms with Crippen molar-refractivity contribution in [1.29, 1.82) is 0 Å². The van der Waals surface area contributed by atoms with Gasteiger partial charge in [-0.25, -0.2) is 23.1 Å². The Morgan fingerprint density at radius 2 is 1.58 bits per heavy atom. The van der Waals surface area contributed by atoms with Gasteiger partial charge in [-0.15, -0.1) is 0 Å². The molecule has 2 nitrogen and oxygen atoms in total. The van der Waals surface area contributed by atoms with Crippen LogP contribution in [-0.2, 0) is 0 Å². The summed E-state index contributed by atoms with van der Waals surface area (Å²) in [5, 5.41) is -0.854. The van der Waals surface area contributed by atoms with Crippen molar-refractivity contribution >= 4 is 10.8 Å². The Labute approximate surface area is 217 Å². The largest absolute Gasteiger partial charge is 0.458 e. The van der Waals surface area contributed by atoms with Crippen LogP contribution in [0, 0.1) is 47.1 Å². The molecule has 0 unspecified atom stereocenters. The van der Waals surface area contributed by atoms with Crippen molar-refractivity contribution in [2.24, 2.45) is 5.92 Å². The van der Waals surface area contributed by atoms with E-state index in [-0.39, 0.29) is 16.8 Å². The molecule has 1 heterocycles. The maximum atomic E-state index is 14.7. The number of nitrogens with zero attached hydrogens (tertiary/aromatic N) is 2. The number of fused-ring (bicyclic) bond motifs is 1. The van der Waals surface area contributed by atoms with Crippen LogP contribution in [0.5, 0.6) is 0 Å². The Morgan fingerprint density at radius 3 is 2.24 bits per heavy atom. The quantitative estimate of drug-likeness (QED) is 0.189. The number of benzene rings is 2. The van der Waals surface area contributed by atoms with Crippen molar-refractivity contribution in [1.82, 2.24) is 9.97 Å². The van der Waals surface area contributed by atoms with Crippen LogP contribution in [0.15, 0.2) is 30.6 Å². The van der Waals surface area contributed by atoms with Gasteiger partial charge in [0, 0.05) is 23.9 Å². The van der Waals surface area contributed by atoms with Gasteiger partial charge in [-0.05, 0) is 72.6 Å². The fourth-order valence-electron chi connectivity index (χ4n) is 4.94. The molecular formula is C30H26F6N2.